The molecule has 0 spiro atoms. The Labute approximate surface area is 193 Å². The number of aromatic nitrogens is 1. The number of amides is 2. The van der Waals surface area contributed by atoms with E-state index in [2.05, 4.69) is 15.6 Å². The summed E-state index contributed by atoms with van der Waals surface area (Å²) in [6.45, 7) is 3.75. The van der Waals surface area contributed by atoms with Gasteiger partial charge in [0.1, 0.15) is 27.9 Å². The lowest BCUT2D eigenvalue weighted by Crippen LogP contribution is -2.43. The number of anilines is 2. The number of nitrogens with two attached hydrogens (primary N) is 1. The van der Waals surface area contributed by atoms with Gasteiger partial charge in [0.15, 0.2) is 0 Å². The topological polar surface area (TPSA) is 110 Å². The highest BCUT2D eigenvalue weighted by Gasteiger charge is 2.28. The average molecular weight is 470 g/mol. The Morgan fingerprint density at radius 2 is 2.21 bits per heavy atom. The van der Waals surface area contributed by atoms with Gasteiger partial charge in [-0.3, -0.25) is 9.59 Å². The molecule has 1 saturated heterocycles. The van der Waals surface area contributed by atoms with E-state index >= 15 is 4.39 Å². The molecule has 2 aliphatic rings. The number of aryl methyl sites for hydroxylation is 1. The van der Waals surface area contributed by atoms with Crippen molar-refractivity contribution in [3.05, 3.63) is 46.2 Å². The number of benzene rings is 1. The van der Waals surface area contributed by atoms with Gasteiger partial charge in [0.05, 0.1) is 11.7 Å². The molecular weight excluding hydrogens is 445 g/mol. The highest BCUT2D eigenvalue weighted by atomic mass is 32.1. The van der Waals surface area contributed by atoms with Crippen LogP contribution < -0.4 is 26.0 Å². The number of hydrogen-bond acceptors (Lipinski definition) is 7. The van der Waals surface area contributed by atoms with Crippen molar-refractivity contribution in [3.63, 3.8) is 0 Å². The number of pyridine rings is 1. The molecule has 172 valence electrons. The molecule has 4 heterocycles. The molecular formula is C23H24FN5O3S. The summed E-state index contributed by atoms with van der Waals surface area (Å²) >= 11 is 1.25. The fourth-order valence-corrected chi connectivity index (χ4v) is 5.27. The van der Waals surface area contributed by atoms with Crippen LogP contribution in [-0.4, -0.2) is 49.1 Å². The minimum atomic E-state index is -0.385. The summed E-state index contributed by atoms with van der Waals surface area (Å²) in [5, 5.41) is 6.50. The molecule has 5 rings (SSSR count). The van der Waals surface area contributed by atoms with Crippen molar-refractivity contribution >= 4 is 44.7 Å². The molecule has 8 nitrogen and oxygen atoms in total. The molecule has 0 saturated carbocycles. The number of thiophene rings is 1. The monoisotopic (exact) mass is 469 g/mol. The largest absolute Gasteiger partial charge is 0.491 e. The van der Waals surface area contributed by atoms with Gasteiger partial charge in [-0.15, -0.1) is 11.3 Å². The van der Waals surface area contributed by atoms with Crippen LogP contribution in [0, 0.1) is 12.7 Å². The van der Waals surface area contributed by atoms with E-state index in [4.69, 9.17) is 10.5 Å². The normalized spacial score (nSPS) is 18.3. The fourth-order valence-electron chi connectivity index (χ4n) is 4.23. The summed E-state index contributed by atoms with van der Waals surface area (Å²) in [4.78, 5) is 32.0. The van der Waals surface area contributed by atoms with Crippen molar-refractivity contribution < 1.29 is 18.7 Å². The maximum Gasteiger partial charge on any atom is 0.263 e. The van der Waals surface area contributed by atoms with Crippen LogP contribution in [0.25, 0.3) is 10.2 Å². The first kappa shape index (κ1) is 21.4. The van der Waals surface area contributed by atoms with E-state index in [1.807, 2.05) is 30.0 Å². The van der Waals surface area contributed by atoms with Crippen LogP contribution >= 0.6 is 11.3 Å². The third-order valence-corrected chi connectivity index (χ3v) is 7.10. The standard InChI is InChI=1S/C23H24FN5O3S/c1-12-2-3-15-20(25)21(33-23(15)27-12)22(31)28-13-8-16-17(24)9-14(10-18(16)32-11-13)29-6-4-19(30)26-5-7-29/h2-3,9-10,13H,4-8,11,25H2,1H3,(H,26,30)(H,28,31)/t13-/m1/s1. The maximum absolute atomic E-state index is 15.0. The Hall–Kier alpha value is -3.40. The summed E-state index contributed by atoms with van der Waals surface area (Å²) in [6.07, 6.45) is 0.680. The number of hydrogen-bond donors (Lipinski definition) is 3. The molecule has 33 heavy (non-hydrogen) atoms. The van der Waals surface area contributed by atoms with Crippen LogP contribution in [0.3, 0.4) is 0 Å². The van der Waals surface area contributed by atoms with Crippen molar-refractivity contribution in [3.8, 4) is 5.75 Å². The number of nitrogens with zero attached hydrogens (tertiary/aromatic N) is 2. The van der Waals surface area contributed by atoms with E-state index in [-0.39, 0.29) is 30.3 Å². The molecule has 1 atom stereocenters. The second-order valence-corrected chi connectivity index (χ2v) is 9.33. The van der Waals surface area contributed by atoms with Crippen molar-refractivity contribution in [1.82, 2.24) is 15.6 Å². The summed E-state index contributed by atoms with van der Waals surface area (Å²) in [6, 6.07) is 6.62. The second kappa shape index (κ2) is 8.51. The lowest BCUT2D eigenvalue weighted by Gasteiger charge is -2.29. The third-order valence-electron chi connectivity index (χ3n) is 5.98. The summed E-state index contributed by atoms with van der Waals surface area (Å²) in [7, 11) is 0. The lowest BCUT2D eigenvalue weighted by atomic mass is 10.0. The van der Waals surface area contributed by atoms with Gasteiger partial charge in [0.2, 0.25) is 5.91 Å². The van der Waals surface area contributed by atoms with Crippen molar-refractivity contribution in [1.29, 1.82) is 0 Å². The highest BCUT2D eigenvalue weighted by molar-refractivity contribution is 7.21. The van der Waals surface area contributed by atoms with E-state index in [0.717, 1.165) is 11.1 Å². The van der Waals surface area contributed by atoms with E-state index in [0.29, 0.717) is 64.9 Å². The minimum Gasteiger partial charge on any atom is -0.491 e. The predicted octanol–water partition coefficient (Wildman–Crippen LogP) is 2.39. The molecule has 0 radical (unpaired) electrons. The summed E-state index contributed by atoms with van der Waals surface area (Å²) < 4.78 is 20.9. The van der Waals surface area contributed by atoms with Gasteiger partial charge in [-0.2, -0.15) is 0 Å². The molecule has 0 bridgehead atoms. The van der Waals surface area contributed by atoms with Gasteiger partial charge in [0, 0.05) is 60.9 Å². The number of carbonyl (C=O) groups excluding carboxylic acids is 2. The maximum atomic E-state index is 15.0. The van der Waals surface area contributed by atoms with Gasteiger partial charge >= 0.3 is 0 Å². The van der Waals surface area contributed by atoms with E-state index < -0.39 is 0 Å². The first-order valence-electron chi connectivity index (χ1n) is 10.8. The number of fused-ring (bicyclic) bond motifs is 2. The van der Waals surface area contributed by atoms with E-state index in [1.54, 1.807) is 0 Å². The zero-order valence-electron chi connectivity index (χ0n) is 18.1. The number of nitrogen functional groups attached to an aromatic ring is 1. The summed E-state index contributed by atoms with van der Waals surface area (Å²) in [5.74, 6) is -0.231. The smallest absolute Gasteiger partial charge is 0.263 e. The van der Waals surface area contributed by atoms with Crippen molar-refractivity contribution in [2.24, 2.45) is 0 Å². The van der Waals surface area contributed by atoms with Crippen LogP contribution in [0.15, 0.2) is 24.3 Å². The van der Waals surface area contributed by atoms with Crippen LogP contribution in [0.2, 0.25) is 0 Å². The zero-order chi connectivity index (χ0) is 23.1. The third kappa shape index (κ3) is 4.18. The molecule has 0 aliphatic carbocycles. The van der Waals surface area contributed by atoms with E-state index in [9.17, 15) is 9.59 Å². The van der Waals surface area contributed by atoms with Gasteiger partial charge < -0.3 is 26.0 Å². The first-order chi connectivity index (χ1) is 15.9. The SMILES string of the molecule is Cc1ccc2c(N)c(C(=O)N[C@H]3COc4cc(N5CCNC(=O)CC5)cc(F)c4C3)sc2n1. The number of nitrogens with one attached hydrogen (secondary N) is 2. The molecule has 4 N–H and O–H groups in total. The second-order valence-electron chi connectivity index (χ2n) is 8.33. The van der Waals surface area contributed by atoms with Crippen LogP contribution in [-0.2, 0) is 11.2 Å². The Kier molecular flexibility index (Phi) is 5.53. The molecule has 3 aromatic rings. The molecule has 1 fully saturated rings. The van der Waals surface area contributed by atoms with Crippen LogP contribution in [0.5, 0.6) is 5.75 Å². The highest BCUT2D eigenvalue weighted by Crippen LogP contribution is 2.34. The molecule has 2 aliphatic heterocycles. The fraction of sp³-hybridized carbons (Fsp3) is 0.348. The van der Waals surface area contributed by atoms with Gasteiger partial charge in [-0.05, 0) is 25.1 Å². The molecule has 2 amide bonds. The quantitative estimate of drug-likeness (QED) is 0.544. The van der Waals surface area contributed by atoms with Gasteiger partial charge in [-0.1, -0.05) is 0 Å². The Morgan fingerprint density at radius 3 is 3.06 bits per heavy atom. The molecule has 10 heteroatoms. The van der Waals surface area contributed by atoms with Crippen LogP contribution in [0.4, 0.5) is 15.8 Å². The summed E-state index contributed by atoms with van der Waals surface area (Å²) in [5.41, 5.74) is 8.56. The van der Waals surface area contributed by atoms with Crippen LogP contribution in [0.1, 0.15) is 27.3 Å². The number of rotatable bonds is 3. The molecule has 2 aromatic heterocycles. The average Bonchev–Trinajstić information content (AvgIpc) is 2.96. The Bertz CT molecular complexity index is 1260. The Morgan fingerprint density at radius 1 is 1.36 bits per heavy atom. The van der Waals surface area contributed by atoms with Crippen molar-refractivity contribution in [2.75, 3.05) is 36.9 Å². The van der Waals surface area contributed by atoms with Gasteiger partial charge in [-0.25, -0.2) is 9.37 Å². The molecule has 0 unspecified atom stereocenters. The number of carbonyl (C=O) groups is 2. The van der Waals surface area contributed by atoms with Crippen molar-refractivity contribution in [2.45, 2.75) is 25.8 Å². The van der Waals surface area contributed by atoms with Gasteiger partial charge in [0.25, 0.3) is 5.91 Å². The first-order valence-corrected chi connectivity index (χ1v) is 11.6. The predicted molar refractivity (Wildman–Crippen MR) is 125 cm³/mol. The lowest BCUT2D eigenvalue weighted by molar-refractivity contribution is -0.120. The van der Waals surface area contributed by atoms with E-state index in [1.165, 1.54) is 17.4 Å². The number of ether oxygens (including phenoxy) is 1. The zero-order valence-corrected chi connectivity index (χ0v) is 18.9. The Balaban J connectivity index is 1.32. The minimum absolute atomic E-state index is 0.00375. The molecule has 1 aromatic carbocycles. The number of halogens is 1.